The smallest absolute Gasteiger partial charge is 0.238 e. The van der Waals surface area contributed by atoms with E-state index in [1.54, 1.807) is 18.2 Å². The van der Waals surface area contributed by atoms with Crippen molar-refractivity contribution < 1.29 is 12.9 Å². The molecule has 1 aromatic heterocycles. The number of rotatable bonds is 5. The van der Waals surface area contributed by atoms with Crippen molar-refractivity contribution in [2.24, 2.45) is 5.14 Å². The first-order valence-electron chi connectivity index (χ1n) is 8.74. The average Bonchev–Trinajstić information content (AvgIpc) is 3.12. The summed E-state index contributed by atoms with van der Waals surface area (Å²) in [6.07, 6.45) is 0.562. The number of benzene rings is 3. The van der Waals surface area contributed by atoms with E-state index in [0.29, 0.717) is 17.7 Å². The number of hydrogen-bond donors (Lipinski definition) is 1. The van der Waals surface area contributed by atoms with Crippen LogP contribution in [0.2, 0.25) is 0 Å². The van der Waals surface area contributed by atoms with Crippen LogP contribution >= 0.6 is 0 Å². The summed E-state index contributed by atoms with van der Waals surface area (Å²) in [5.41, 5.74) is 3.88. The maximum absolute atomic E-state index is 12.1. The molecular weight excluding hydrogens is 372 g/mol. The van der Waals surface area contributed by atoms with Crippen LogP contribution in [0.1, 0.15) is 11.3 Å². The van der Waals surface area contributed by atoms with Crippen molar-refractivity contribution in [3.63, 3.8) is 0 Å². The third-order valence-corrected chi connectivity index (χ3v) is 5.45. The van der Waals surface area contributed by atoms with Crippen molar-refractivity contribution in [3.8, 4) is 22.5 Å². The fraction of sp³-hybridized carbons (Fsp3) is 0.0455. The SMILES string of the molecule is NS(=O)(=O)c1ccccc1-c1onc(Cc2ccccc2)c1-c1ccccc1. The van der Waals surface area contributed by atoms with Gasteiger partial charge in [-0.1, -0.05) is 78.0 Å². The molecule has 0 unspecified atom stereocenters. The predicted molar refractivity (Wildman–Crippen MR) is 108 cm³/mol. The van der Waals surface area contributed by atoms with Crippen molar-refractivity contribution in [2.45, 2.75) is 11.3 Å². The van der Waals surface area contributed by atoms with Gasteiger partial charge in [0.2, 0.25) is 10.0 Å². The summed E-state index contributed by atoms with van der Waals surface area (Å²) in [6, 6.07) is 26.1. The van der Waals surface area contributed by atoms with E-state index in [1.165, 1.54) is 6.07 Å². The lowest BCUT2D eigenvalue weighted by atomic mass is 9.96. The number of aromatic nitrogens is 1. The molecule has 0 aliphatic heterocycles. The summed E-state index contributed by atoms with van der Waals surface area (Å²) in [5.74, 6) is 0.391. The second kappa shape index (κ2) is 7.42. The largest absolute Gasteiger partial charge is 0.355 e. The molecule has 0 fully saturated rings. The van der Waals surface area contributed by atoms with E-state index in [4.69, 9.17) is 9.66 Å². The topological polar surface area (TPSA) is 86.2 Å². The van der Waals surface area contributed by atoms with Crippen molar-refractivity contribution in [2.75, 3.05) is 0 Å². The molecule has 4 aromatic rings. The normalized spacial score (nSPS) is 11.5. The Labute approximate surface area is 163 Å². The van der Waals surface area contributed by atoms with E-state index in [0.717, 1.165) is 22.4 Å². The van der Waals surface area contributed by atoms with Gasteiger partial charge in [0.25, 0.3) is 0 Å². The van der Waals surface area contributed by atoms with Gasteiger partial charge in [0.05, 0.1) is 16.2 Å². The molecule has 0 atom stereocenters. The predicted octanol–water partition coefficient (Wildman–Crippen LogP) is 4.25. The fourth-order valence-electron chi connectivity index (χ4n) is 3.22. The van der Waals surface area contributed by atoms with Gasteiger partial charge in [-0.15, -0.1) is 0 Å². The third-order valence-electron chi connectivity index (χ3n) is 4.48. The van der Waals surface area contributed by atoms with E-state index < -0.39 is 10.0 Å². The highest BCUT2D eigenvalue weighted by molar-refractivity contribution is 7.89. The lowest BCUT2D eigenvalue weighted by Gasteiger charge is -2.08. The molecule has 28 heavy (non-hydrogen) atoms. The Morgan fingerprint density at radius 2 is 1.43 bits per heavy atom. The van der Waals surface area contributed by atoms with Crippen LogP contribution in [0.25, 0.3) is 22.5 Å². The molecule has 0 aliphatic rings. The third kappa shape index (κ3) is 3.60. The Kier molecular flexibility index (Phi) is 4.81. The van der Waals surface area contributed by atoms with Crippen molar-refractivity contribution >= 4 is 10.0 Å². The number of nitrogens with zero attached hydrogens (tertiary/aromatic N) is 1. The molecule has 1 heterocycles. The lowest BCUT2D eigenvalue weighted by molar-refractivity contribution is 0.424. The molecule has 6 heteroatoms. The zero-order valence-electron chi connectivity index (χ0n) is 14.9. The fourth-order valence-corrected chi connectivity index (χ4v) is 3.96. The molecular formula is C22H18N2O3S. The summed E-state index contributed by atoms with van der Waals surface area (Å²) in [6.45, 7) is 0. The molecule has 0 aliphatic carbocycles. The summed E-state index contributed by atoms with van der Waals surface area (Å²) in [5, 5.41) is 9.70. The lowest BCUT2D eigenvalue weighted by Crippen LogP contribution is -2.13. The van der Waals surface area contributed by atoms with Crippen molar-refractivity contribution in [1.29, 1.82) is 0 Å². The molecule has 0 spiro atoms. The van der Waals surface area contributed by atoms with Crippen LogP contribution in [0.5, 0.6) is 0 Å². The molecule has 0 saturated carbocycles. The summed E-state index contributed by atoms with van der Waals surface area (Å²) in [4.78, 5) is 0.00888. The minimum absolute atomic E-state index is 0.00888. The number of hydrogen-bond acceptors (Lipinski definition) is 4. The average molecular weight is 390 g/mol. The van der Waals surface area contributed by atoms with E-state index in [9.17, 15) is 8.42 Å². The Bertz CT molecular complexity index is 1200. The van der Waals surface area contributed by atoms with Gasteiger partial charge in [-0.2, -0.15) is 0 Å². The number of nitrogens with two attached hydrogens (primary N) is 1. The minimum Gasteiger partial charge on any atom is -0.355 e. The van der Waals surface area contributed by atoms with Gasteiger partial charge in [-0.25, -0.2) is 13.6 Å². The van der Waals surface area contributed by atoms with Gasteiger partial charge in [0, 0.05) is 12.0 Å². The zero-order valence-corrected chi connectivity index (χ0v) is 15.8. The summed E-state index contributed by atoms with van der Waals surface area (Å²) >= 11 is 0. The van der Waals surface area contributed by atoms with Crippen molar-refractivity contribution in [1.82, 2.24) is 5.16 Å². The highest BCUT2D eigenvalue weighted by atomic mass is 32.2. The summed E-state index contributed by atoms with van der Waals surface area (Å²) < 4.78 is 29.9. The Hall–Kier alpha value is -3.22. The van der Waals surface area contributed by atoms with E-state index in [-0.39, 0.29) is 4.90 Å². The van der Waals surface area contributed by atoms with Crippen LogP contribution in [0, 0.1) is 0 Å². The van der Waals surface area contributed by atoms with Gasteiger partial charge >= 0.3 is 0 Å². The van der Waals surface area contributed by atoms with Gasteiger partial charge < -0.3 is 4.52 Å². The second-order valence-corrected chi connectivity index (χ2v) is 7.93. The molecule has 0 radical (unpaired) electrons. The molecule has 5 nitrogen and oxygen atoms in total. The molecule has 3 aromatic carbocycles. The maximum atomic E-state index is 12.1. The van der Waals surface area contributed by atoms with Crippen LogP contribution < -0.4 is 5.14 Å². The first kappa shape index (κ1) is 18.2. The van der Waals surface area contributed by atoms with E-state index in [2.05, 4.69) is 5.16 Å². The van der Waals surface area contributed by atoms with Crippen LogP contribution in [0.3, 0.4) is 0 Å². The van der Waals surface area contributed by atoms with Gasteiger partial charge in [-0.05, 0) is 23.3 Å². The van der Waals surface area contributed by atoms with Crippen LogP contribution in [-0.2, 0) is 16.4 Å². The first-order chi connectivity index (χ1) is 13.5. The zero-order chi connectivity index (χ0) is 19.6. The number of sulfonamides is 1. The standard InChI is InChI=1S/C22H18N2O3S/c23-28(25,26)20-14-8-7-13-18(20)22-21(17-11-5-2-6-12-17)19(24-27-22)15-16-9-3-1-4-10-16/h1-14H,15H2,(H2,23,25,26). The van der Waals surface area contributed by atoms with Gasteiger partial charge in [0.1, 0.15) is 0 Å². The highest BCUT2D eigenvalue weighted by Gasteiger charge is 2.24. The minimum atomic E-state index is -3.92. The Morgan fingerprint density at radius 1 is 0.821 bits per heavy atom. The van der Waals surface area contributed by atoms with Crippen LogP contribution in [0.4, 0.5) is 0 Å². The van der Waals surface area contributed by atoms with Crippen LogP contribution in [-0.4, -0.2) is 13.6 Å². The molecule has 140 valence electrons. The quantitative estimate of drug-likeness (QED) is 0.552. The Balaban J connectivity index is 1.93. The molecule has 2 N–H and O–H groups in total. The first-order valence-corrected chi connectivity index (χ1v) is 10.3. The van der Waals surface area contributed by atoms with E-state index >= 15 is 0 Å². The molecule has 0 amide bonds. The second-order valence-electron chi connectivity index (χ2n) is 6.40. The molecule has 0 bridgehead atoms. The monoisotopic (exact) mass is 390 g/mol. The maximum Gasteiger partial charge on any atom is 0.238 e. The van der Waals surface area contributed by atoms with Crippen LogP contribution in [0.15, 0.2) is 94.3 Å². The van der Waals surface area contributed by atoms with E-state index in [1.807, 2.05) is 60.7 Å². The highest BCUT2D eigenvalue weighted by Crippen LogP contribution is 2.38. The summed E-state index contributed by atoms with van der Waals surface area (Å²) in [7, 11) is -3.92. The Morgan fingerprint density at radius 3 is 2.11 bits per heavy atom. The molecule has 0 saturated heterocycles. The van der Waals surface area contributed by atoms with Crippen molar-refractivity contribution in [3.05, 3.63) is 96.2 Å². The van der Waals surface area contributed by atoms with Gasteiger partial charge in [0.15, 0.2) is 5.76 Å². The van der Waals surface area contributed by atoms with Gasteiger partial charge in [-0.3, -0.25) is 0 Å². The molecule has 4 rings (SSSR count). The number of primary sulfonamides is 1.